The number of hydrogen-bond donors (Lipinski definition) is 1. The molecule has 1 aromatic heterocycles. The Bertz CT molecular complexity index is 518. The number of rotatable bonds is 3. The largest absolute Gasteiger partial charge is 0.326 e. The Morgan fingerprint density at radius 2 is 1.75 bits per heavy atom. The second kappa shape index (κ2) is 6.84. The highest BCUT2D eigenvalue weighted by Crippen LogP contribution is 2.27. The van der Waals surface area contributed by atoms with E-state index in [1.165, 1.54) is 11.1 Å². The van der Waals surface area contributed by atoms with Gasteiger partial charge in [0, 0.05) is 44.0 Å². The Kier molecular flexibility index (Phi) is 5.12. The lowest BCUT2D eigenvalue weighted by Gasteiger charge is -2.16. The number of nitrogens with two attached hydrogens (primary N) is 1. The van der Waals surface area contributed by atoms with Gasteiger partial charge in [-0.3, -0.25) is 9.88 Å². The summed E-state index contributed by atoms with van der Waals surface area (Å²) < 4.78 is 0. The molecule has 0 bridgehead atoms. The van der Waals surface area contributed by atoms with Crippen molar-refractivity contribution in [2.24, 2.45) is 5.73 Å². The van der Waals surface area contributed by atoms with Crippen LogP contribution in [0.25, 0.3) is 0 Å². The third kappa shape index (κ3) is 3.37. The van der Waals surface area contributed by atoms with Gasteiger partial charge >= 0.3 is 0 Å². The van der Waals surface area contributed by atoms with Crippen LogP contribution < -0.4 is 5.73 Å². The van der Waals surface area contributed by atoms with Crippen LogP contribution in [0.2, 0.25) is 0 Å². The Hall–Kier alpha value is -1.42. The van der Waals surface area contributed by atoms with E-state index in [0.717, 1.165) is 19.6 Å². The molecular formula is C16H20ClN3. The van der Waals surface area contributed by atoms with Crippen molar-refractivity contribution < 1.29 is 0 Å². The SMILES string of the molecule is Cl.N[C@@H]1CN(Cc2ccncc2)C[C@H]1c1ccccc1. The van der Waals surface area contributed by atoms with E-state index in [2.05, 4.69) is 52.3 Å². The van der Waals surface area contributed by atoms with Crippen LogP contribution in [0, 0.1) is 0 Å². The summed E-state index contributed by atoms with van der Waals surface area (Å²) in [5, 5.41) is 0. The fraction of sp³-hybridized carbons (Fsp3) is 0.312. The molecule has 3 nitrogen and oxygen atoms in total. The molecule has 0 radical (unpaired) electrons. The molecule has 106 valence electrons. The van der Waals surface area contributed by atoms with Crippen molar-refractivity contribution in [2.45, 2.75) is 18.5 Å². The highest BCUT2D eigenvalue weighted by Gasteiger charge is 2.30. The van der Waals surface area contributed by atoms with Crippen molar-refractivity contribution in [2.75, 3.05) is 13.1 Å². The maximum absolute atomic E-state index is 6.30. The molecule has 1 aromatic carbocycles. The van der Waals surface area contributed by atoms with Crippen molar-refractivity contribution in [1.29, 1.82) is 0 Å². The average Bonchev–Trinajstić information content (AvgIpc) is 2.82. The first kappa shape index (κ1) is 15.0. The molecule has 0 unspecified atom stereocenters. The van der Waals surface area contributed by atoms with Crippen LogP contribution in [0.5, 0.6) is 0 Å². The maximum atomic E-state index is 6.30. The van der Waals surface area contributed by atoms with Crippen molar-refractivity contribution >= 4 is 12.4 Å². The second-order valence-corrected chi connectivity index (χ2v) is 5.23. The molecule has 2 aromatic rings. The number of likely N-dealkylation sites (tertiary alicyclic amines) is 1. The van der Waals surface area contributed by atoms with Crippen LogP contribution in [0.1, 0.15) is 17.0 Å². The molecule has 2 atom stereocenters. The third-order valence-corrected chi connectivity index (χ3v) is 3.82. The fourth-order valence-corrected chi connectivity index (χ4v) is 2.84. The summed E-state index contributed by atoms with van der Waals surface area (Å²) in [6, 6.07) is 15.0. The highest BCUT2D eigenvalue weighted by molar-refractivity contribution is 5.85. The van der Waals surface area contributed by atoms with Gasteiger partial charge in [0.1, 0.15) is 0 Å². The number of pyridine rings is 1. The van der Waals surface area contributed by atoms with Crippen LogP contribution in [0.15, 0.2) is 54.9 Å². The molecule has 0 spiro atoms. The smallest absolute Gasteiger partial charge is 0.0271 e. The fourth-order valence-electron chi connectivity index (χ4n) is 2.84. The normalized spacial score (nSPS) is 22.4. The van der Waals surface area contributed by atoms with Crippen LogP contribution in [-0.2, 0) is 6.54 Å². The lowest BCUT2D eigenvalue weighted by atomic mass is 9.95. The molecule has 1 aliphatic rings. The lowest BCUT2D eigenvalue weighted by Crippen LogP contribution is -2.28. The molecule has 0 amide bonds. The highest BCUT2D eigenvalue weighted by atomic mass is 35.5. The van der Waals surface area contributed by atoms with Crippen molar-refractivity contribution in [3.8, 4) is 0 Å². The standard InChI is InChI=1S/C16H19N3.ClH/c17-16-12-19(10-13-6-8-18-9-7-13)11-15(16)14-4-2-1-3-5-14;/h1-9,15-16H,10-12,17H2;1H/t15-,16+;/m0./s1. The molecular weight excluding hydrogens is 270 g/mol. The number of aromatic nitrogens is 1. The van der Waals surface area contributed by atoms with E-state index in [0.29, 0.717) is 5.92 Å². The van der Waals surface area contributed by atoms with E-state index < -0.39 is 0 Å². The first-order valence-electron chi connectivity index (χ1n) is 6.75. The minimum Gasteiger partial charge on any atom is -0.326 e. The predicted octanol–water partition coefficient (Wildman–Crippen LogP) is 2.43. The zero-order valence-electron chi connectivity index (χ0n) is 11.4. The van der Waals surface area contributed by atoms with Crippen molar-refractivity contribution in [3.05, 3.63) is 66.0 Å². The molecule has 0 saturated carbocycles. The Morgan fingerprint density at radius 3 is 2.45 bits per heavy atom. The van der Waals surface area contributed by atoms with Crippen molar-refractivity contribution in [3.63, 3.8) is 0 Å². The summed E-state index contributed by atoms with van der Waals surface area (Å²) >= 11 is 0. The summed E-state index contributed by atoms with van der Waals surface area (Å²) in [5.41, 5.74) is 8.96. The minimum absolute atomic E-state index is 0. The minimum atomic E-state index is 0. The van der Waals surface area contributed by atoms with Gasteiger partial charge in [0.05, 0.1) is 0 Å². The lowest BCUT2D eigenvalue weighted by molar-refractivity contribution is 0.323. The zero-order chi connectivity index (χ0) is 13.1. The zero-order valence-corrected chi connectivity index (χ0v) is 12.2. The monoisotopic (exact) mass is 289 g/mol. The van der Waals surface area contributed by atoms with Crippen LogP contribution in [0.3, 0.4) is 0 Å². The Balaban J connectivity index is 0.00000147. The molecule has 1 aliphatic heterocycles. The third-order valence-electron chi connectivity index (χ3n) is 3.82. The van der Waals surface area contributed by atoms with Crippen molar-refractivity contribution in [1.82, 2.24) is 9.88 Å². The summed E-state index contributed by atoms with van der Waals surface area (Å²) in [6.45, 7) is 2.95. The van der Waals surface area contributed by atoms with Gasteiger partial charge in [0.25, 0.3) is 0 Å². The van der Waals surface area contributed by atoms with E-state index in [9.17, 15) is 0 Å². The average molecular weight is 290 g/mol. The summed E-state index contributed by atoms with van der Waals surface area (Å²) in [5.74, 6) is 0.447. The molecule has 3 rings (SSSR count). The first-order valence-corrected chi connectivity index (χ1v) is 6.75. The number of halogens is 1. The Morgan fingerprint density at radius 1 is 1.05 bits per heavy atom. The van der Waals surface area contributed by atoms with Gasteiger partial charge in [0.2, 0.25) is 0 Å². The molecule has 20 heavy (non-hydrogen) atoms. The number of nitrogens with zero attached hydrogens (tertiary/aromatic N) is 2. The van der Waals surface area contributed by atoms with E-state index in [1.54, 1.807) is 0 Å². The van der Waals surface area contributed by atoms with Gasteiger partial charge in [-0.1, -0.05) is 30.3 Å². The molecule has 1 fully saturated rings. The van der Waals surface area contributed by atoms with E-state index in [4.69, 9.17) is 5.73 Å². The first-order chi connectivity index (χ1) is 9.33. The quantitative estimate of drug-likeness (QED) is 0.944. The van der Waals surface area contributed by atoms with Gasteiger partial charge in [-0.2, -0.15) is 0 Å². The number of benzene rings is 1. The van der Waals surface area contributed by atoms with Gasteiger partial charge in [-0.25, -0.2) is 0 Å². The van der Waals surface area contributed by atoms with Gasteiger partial charge < -0.3 is 5.73 Å². The topological polar surface area (TPSA) is 42.1 Å². The van der Waals surface area contributed by atoms with E-state index in [-0.39, 0.29) is 18.4 Å². The van der Waals surface area contributed by atoms with Crippen LogP contribution >= 0.6 is 12.4 Å². The molecule has 0 aliphatic carbocycles. The van der Waals surface area contributed by atoms with E-state index in [1.807, 2.05) is 12.4 Å². The molecule has 2 heterocycles. The summed E-state index contributed by atoms with van der Waals surface area (Å²) in [6.07, 6.45) is 3.69. The van der Waals surface area contributed by atoms with E-state index >= 15 is 0 Å². The van der Waals surface area contributed by atoms with Gasteiger partial charge in [0.15, 0.2) is 0 Å². The van der Waals surface area contributed by atoms with Gasteiger partial charge in [-0.15, -0.1) is 12.4 Å². The van der Waals surface area contributed by atoms with Crippen LogP contribution in [-0.4, -0.2) is 29.0 Å². The maximum Gasteiger partial charge on any atom is 0.0271 e. The summed E-state index contributed by atoms with van der Waals surface area (Å²) in [4.78, 5) is 6.48. The Labute approximate surface area is 126 Å². The molecule has 2 N–H and O–H groups in total. The molecule has 4 heteroatoms. The molecule has 1 saturated heterocycles. The number of hydrogen-bond acceptors (Lipinski definition) is 3. The van der Waals surface area contributed by atoms with Gasteiger partial charge in [-0.05, 0) is 23.3 Å². The second-order valence-electron chi connectivity index (χ2n) is 5.23. The predicted molar refractivity (Wildman–Crippen MR) is 83.9 cm³/mol. The van der Waals surface area contributed by atoms with Crippen LogP contribution in [0.4, 0.5) is 0 Å². The summed E-state index contributed by atoms with van der Waals surface area (Å²) in [7, 11) is 0.